The monoisotopic (exact) mass is 399 g/mol. The highest BCUT2D eigenvalue weighted by molar-refractivity contribution is 9.10. The van der Waals surface area contributed by atoms with Crippen LogP contribution < -0.4 is 10.5 Å². The minimum absolute atomic E-state index is 0.302. The molecule has 0 amide bonds. The minimum atomic E-state index is 0.302. The fourth-order valence-corrected chi connectivity index (χ4v) is 2.79. The molecule has 2 rings (SSSR count). The van der Waals surface area contributed by atoms with Crippen LogP contribution >= 0.6 is 44.1 Å². The fourth-order valence-electron chi connectivity index (χ4n) is 1.64. The van der Waals surface area contributed by atoms with Crippen molar-refractivity contribution in [1.82, 2.24) is 0 Å². The SMILES string of the molecule is Cc1cc(Oc2cccc(Br)c2C(N)=S)ccc1Br. The highest BCUT2D eigenvalue weighted by atomic mass is 79.9. The second-order valence-corrected chi connectivity index (χ2v) is 6.14. The topological polar surface area (TPSA) is 35.2 Å². The highest BCUT2D eigenvalue weighted by Gasteiger charge is 2.11. The van der Waals surface area contributed by atoms with Crippen LogP contribution in [0.4, 0.5) is 0 Å². The first-order valence-electron chi connectivity index (χ1n) is 5.51. The molecular formula is C14H11Br2NOS. The molecule has 0 fully saturated rings. The molecule has 98 valence electrons. The highest BCUT2D eigenvalue weighted by Crippen LogP contribution is 2.32. The Kier molecular flexibility index (Phi) is 4.60. The van der Waals surface area contributed by atoms with Crippen molar-refractivity contribution in [3.05, 3.63) is 56.5 Å². The lowest BCUT2D eigenvalue weighted by Gasteiger charge is -2.12. The number of aryl methyl sites for hydroxylation is 1. The van der Waals surface area contributed by atoms with Gasteiger partial charge in [-0.25, -0.2) is 0 Å². The molecule has 0 atom stereocenters. The summed E-state index contributed by atoms with van der Waals surface area (Å²) in [6.45, 7) is 2.01. The van der Waals surface area contributed by atoms with Gasteiger partial charge in [-0.1, -0.05) is 34.2 Å². The summed E-state index contributed by atoms with van der Waals surface area (Å²) in [5.41, 5.74) is 7.54. The lowest BCUT2D eigenvalue weighted by Crippen LogP contribution is -2.11. The molecule has 0 saturated heterocycles. The second kappa shape index (κ2) is 6.03. The molecule has 0 saturated carbocycles. The van der Waals surface area contributed by atoms with Crippen LogP contribution in [0.3, 0.4) is 0 Å². The van der Waals surface area contributed by atoms with Crippen molar-refractivity contribution in [2.45, 2.75) is 6.92 Å². The van der Waals surface area contributed by atoms with E-state index >= 15 is 0 Å². The van der Waals surface area contributed by atoms with Gasteiger partial charge in [0, 0.05) is 8.95 Å². The summed E-state index contributed by atoms with van der Waals surface area (Å²) < 4.78 is 7.74. The van der Waals surface area contributed by atoms with Crippen molar-refractivity contribution in [1.29, 1.82) is 0 Å². The summed E-state index contributed by atoms with van der Waals surface area (Å²) in [5, 5.41) is 0. The van der Waals surface area contributed by atoms with Crippen LogP contribution in [-0.4, -0.2) is 4.99 Å². The van der Waals surface area contributed by atoms with E-state index in [9.17, 15) is 0 Å². The van der Waals surface area contributed by atoms with E-state index in [1.807, 2.05) is 43.3 Å². The normalized spacial score (nSPS) is 10.3. The van der Waals surface area contributed by atoms with Gasteiger partial charge in [-0.15, -0.1) is 0 Å². The van der Waals surface area contributed by atoms with Crippen molar-refractivity contribution < 1.29 is 4.74 Å². The summed E-state index contributed by atoms with van der Waals surface area (Å²) in [5.74, 6) is 1.39. The number of thiocarbonyl (C=S) groups is 1. The number of hydrogen-bond acceptors (Lipinski definition) is 2. The average molecular weight is 401 g/mol. The molecule has 0 aliphatic heterocycles. The molecule has 0 bridgehead atoms. The molecule has 2 N–H and O–H groups in total. The predicted octanol–water partition coefficient (Wildman–Crippen LogP) is 4.95. The van der Waals surface area contributed by atoms with Gasteiger partial charge in [0.25, 0.3) is 0 Å². The van der Waals surface area contributed by atoms with Crippen LogP contribution in [0.5, 0.6) is 11.5 Å². The second-order valence-electron chi connectivity index (χ2n) is 3.99. The Balaban J connectivity index is 2.40. The maximum atomic E-state index is 5.87. The van der Waals surface area contributed by atoms with Crippen LogP contribution in [0, 0.1) is 6.92 Å². The Morgan fingerprint density at radius 2 is 1.89 bits per heavy atom. The van der Waals surface area contributed by atoms with Crippen LogP contribution in [0.15, 0.2) is 45.3 Å². The number of benzene rings is 2. The summed E-state index contributed by atoms with van der Waals surface area (Å²) in [7, 11) is 0. The van der Waals surface area contributed by atoms with Crippen LogP contribution in [0.1, 0.15) is 11.1 Å². The minimum Gasteiger partial charge on any atom is -0.457 e. The van der Waals surface area contributed by atoms with Crippen molar-refractivity contribution in [2.24, 2.45) is 5.73 Å². The Bertz CT molecular complexity index is 643. The van der Waals surface area contributed by atoms with Crippen molar-refractivity contribution in [3.63, 3.8) is 0 Å². The lowest BCUT2D eigenvalue weighted by atomic mass is 10.2. The van der Waals surface area contributed by atoms with Gasteiger partial charge < -0.3 is 10.5 Å². The van der Waals surface area contributed by atoms with E-state index in [-0.39, 0.29) is 0 Å². The molecular weight excluding hydrogens is 390 g/mol. The number of hydrogen-bond donors (Lipinski definition) is 1. The van der Waals surface area contributed by atoms with Gasteiger partial charge in [0.05, 0.1) is 5.56 Å². The Morgan fingerprint density at radius 3 is 2.53 bits per heavy atom. The molecule has 0 aliphatic carbocycles. The van der Waals surface area contributed by atoms with E-state index < -0.39 is 0 Å². The Hall–Kier alpha value is -0.910. The van der Waals surface area contributed by atoms with Crippen LogP contribution in [0.25, 0.3) is 0 Å². The lowest BCUT2D eigenvalue weighted by molar-refractivity contribution is 0.481. The van der Waals surface area contributed by atoms with Crippen LogP contribution in [0.2, 0.25) is 0 Å². The number of nitrogens with two attached hydrogens (primary N) is 1. The summed E-state index contributed by atoms with van der Waals surface area (Å²) in [6.07, 6.45) is 0. The summed E-state index contributed by atoms with van der Waals surface area (Å²) in [4.78, 5) is 0.302. The smallest absolute Gasteiger partial charge is 0.138 e. The van der Waals surface area contributed by atoms with E-state index in [2.05, 4.69) is 31.9 Å². The van der Waals surface area contributed by atoms with E-state index in [4.69, 9.17) is 22.7 Å². The van der Waals surface area contributed by atoms with E-state index in [1.165, 1.54) is 0 Å². The third-order valence-corrected chi connectivity index (χ3v) is 4.33. The first-order valence-corrected chi connectivity index (χ1v) is 7.51. The predicted molar refractivity (Wildman–Crippen MR) is 89.0 cm³/mol. The first-order chi connectivity index (χ1) is 8.99. The van der Waals surface area contributed by atoms with E-state index in [0.717, 1.165) is 20.3 Å². The van der Waals surface area contributed by atoms with Gasteiger partial charge in [-0.05, 0) is 58.7 Å². The average Bonchev–Trinajstić information content (AvgIpc) is 2.33. The molecule has 0 heterocycles. The van der Waals surface area contributed by atoms with Gasteiger partial charge in [0.15, 0.2) is 0 Å². The van der Waals surface area contributed by atoms with Crippen molar-refractivity contribution in [3.8, 4) is 11.5 Å². The zero-order valence-corrected chi connectivity index (χ0v) is 14.1. The van der Waals surface area contributed by atoms with Gasteiger partial charge in [0.2, 0.25) is 0 Å². The molecule has 2 aromatic rings. The number of rotatable bonds is 3. The summed E-state index contributed by atoms with van der Waals surface area (Å²) in [6, 6.07) is 11.4. The maximum Gasteiger partial charge on any atom is 0.138 e. The molecule has 19 heavy (non-hydrogen) atoms. The quantitative estimate of drug-likeness (QED) is 0.740. The molecule has 2 nitrogen and oxygen atoms in total. The standard InChI is InChI=1S/C14H11Br2NOS/c1-8-7-9(5-6-10(8)15)18-12-4-2-3-11(16)13(12)14(17)19/h2-7H,1H3,(H2,17,19). The molecule has 0 aromatic heterocycles. The van der Waals surface area contributed by atoms with Crippen molar-refractivity contribution in [2.75, 3.05) is 0 Å². The molecule has 0 spiro atoms. The molecule has 2 aromatic carbocycles. The zero-order chi connectivity index (χ0) is 14.0. The largest absolute Gasteiger partial charge is 0.457 e. The third-order valence-electron chi connectivity index (χ3n) is 2.58. The van der Waals surface area contributed by atoms with Gasteiger partial charge in [-0.2, -0.15) is 0 Å². The molecule has 0 aliphatic rings. The Morgan fingerprint density at radius 1 is 1.16 bits per heavy atom. The zero-order valence-electron chi connectivity index (χ0n) is 10.1. The Labute approximate surface area is 134 Å². The van der Waals surface area contributed by atoms with E-state index in [1.54, 1.807) is 0 Å². The maximum absolute atomic E-state index is 5.87. The van der Waals surface area contributed by atoms with Gasteiger partial charge in [-0.3, -0.25) is 0 Å². The van der Waals surface area contributed by atoms with Crippen molar-refractivity contribution >= 4 is 49.1 Å². The fraction of sp³-hybridized carbons (Fsp3) is 0.0714. The molecule has 0 radical (unpaired) electrons. The third kappa shape index (κ3) is 3.35. The van der Waals surface area contributed by atoms with E-state index in [0.29, 0.717) is 16.3 Å². The van der Waals surface area contributed by atoms with Gasteiger partial charge >= 0.3 is 0 Å². The molecule has 5 heteroatoms. The summed E-state index contributed by atoms with van der Waals surface area (Å²) >= 11 is 12.0. The van der Waals surface area contributed by atoms with Crippen LogP contribution in [-0.2, 0) is 0 Å². The number of halogens is 2. The first kappa shape index (κ1) is 14.5. The number of ether oxygens (including phenoxy) is 1. The molecule has 0 unspecified atom stereocenters. The van der Waals surface area contributed by atoms with Gasteiger partial charge in [0.1, 0.15) is 16.5 Å².